The van der Waals surface area contributed by atoms with Crippen LogP contribution in [0.15, 0.2) is 41.2 Å². The van der Waals surface area contributed by atoms with Gasteiger partial charge in [-0.3, -0.25) is 14.4 Å². The number of hydrogen-bond acceptors (Lipinski definition) is 4. The molecule has 31 heavy (non-hydrogen) atoms. The summed E-state index contributed by atoms with van der Waals surface area (Å²) >= 11 is 0. The van der Waals surface area contributed by atoms with Crippen molar-refractivity contribution in [2.24, 2.45) is 13.0 Å². The van der Waals surface area contributed by atoms with Crippen LogP contribution in [0.25, 0.3) is 0 Å². The number of alkyl halides is 3. The average Bonchev–Trinajstić information content (AvgIpc) is 2.73. The third kappa shape index (κ3) is 5.93. The maximum atomic E-state index is 12.7. The minimum atomic E-state index is -4.42. The zero-order valence-corrected chi connectivity index (χ0v) is 17.0. The summed E-state index contributed by atoms with van der Waals surface area (Å²) < 4.78 is 38.9. The average molecular weight is 436 g/mol. The Morgan fingerprint density at radius 3 is 2.52 bits per heavy atom. The van der Waals surface area contributed by atoms with Gasteiger partial charge >= 0.3 is 6.18 Å². The van der Waals surface area contributed by atoms with E-state index in [-0.39, 0.29) is 35.4 Å². The molecule has 0 spiro atoms. The molecular formula is C21H23F3N4O3. The Morgan fingerprint density at radius 1 is 1.16 bits per heavy atom. The van der Waals surface area contributed by atoms with Crippen LogP contribution in [0.4, 0.5) is 18.9 Å². The van der Waals surface area contributed by atoms with Crippen molar-refractivity contribution in [2.45, 2.75) is 31.9 Å². The van der Waals surface area contributed by atoms with Gasteiger partial charge < -0.3 is 10.2 Å². The molecule has 1 N–H and O–H groups in total. The third-order valence-corrected chi connectivity index (χ3v) is 5.26. The summed E-state index contributed by atoms with van der Waals surface area (Å²) in [5.41, 5.74) is -0.570. The molecule has 2 heterocycles. The SMILES string of the molecule is Cn1nc(C(=O)N2CCC[C@H](CCC(=O)Nc3ccc(C(F)(F)F)cc3)C2)ccc1=O. The highest BCUT2D eigenvalue weighted by molar-refractivity contribution is 5.92. The van der Waals surface area contributed by atoms with Crippen molar-refractivity contribution in [3.63, 3.8) is 0 Å². The number of rotatable bonds is 5. The van der Waals surface area contributed by atoms with Crippen LogP contribution in [0.5, 0.6) is 0 Å². The lowest BCUT2D eigenvalue weighted by Gasteiger charge is -2.32. The van der Waals surface area contributed by atoms with E-state index >= 15 is 0 Å². The summed E-state index contributed by atoms with van der Waals surface area (Å²) in [6, 6.07) is 7.00. The molecule has 1 aromatic heterocycles. The van der Waals surface area contributed by atoms with Gasteiger partial charge in [0.05, 0.1) is 5.56 Å². The van der Waals surface area contributed by atoms with Gasteiger partial charge in [-0.05, 0) is 55.5 Å². The van der Waals surface area contributed by atoms with Gasteiger partial charge in [-0.1, -0.05) is 0 Å². The van der Waals surface area contributed by atoms with Gasteiger partial charge in [0.1, 0.15) is 5.69 Å². The van der Waals surface area contributed by atoms with Gasteiger partial charge in [-0.15, -0.1) is 0 Å². The Labute approximate surface area is 176 Å². The summed E-state index contributed by atoms with van der Waals surface area (Å²) in [5, 5.41) is 6.60. The molecular weight excluding hydrogens is 413 g/mol. The van der Waals surface area contributed by atoms with Gasteiger partial charge in [0.15, 0.2) is 0 Å². The molecule has 0 bridgehead atoms. The topological polar surface area (TPSA) is 84.3 Å². The number of likely N-dealkylation sites (tertiary alicyclic amines) is 1. The van der Waals surface area contributed by atoms with Crippen LogP contribution in [0.2, 0.25) is 0 Å². The highest BCUT2D eigenvalue weighted by Crippen LogP contribution is 2.30. The molecule has 1 aliphatic rings. The first-order valence-corrected chi connectivity index (χ1v) is 9.94. The van der Waals surface area contributed by atoms with E-state index in [2.05, 4.69) is 10.4 Å². The lowest BCUT2D eigenvalue weighted by atomic mass is 9.93. The van der Waals surface area contributed by atoms with Crippen molar-refractivity contribution < 1.29 is 22.8 Å². The van der Waals surface area contributed by atoms with Crippen LogP contribution in [-0.4, -0.2) is 39.6 Å². The minimum Gasteiger partial charge on any atom is -0.337 e. The Balaban J connectivity index is 1.51. The number of anilines is 1. The second-order valence-corrected chi connectivity index (χ2v) is 7.60. The molecule has 10 heteroatoms. The van der Waals surface area contributed by atoms with E-state index in [4.69, 9.17) is 0 Å². The van der Waals surface area contributed by atoms with Crippen LogP contribution in [0.1, 0.15) is 41.7 Å². The quantitative estimate of drug-likeness (QED) is 0.781. The molecule has 1 aromatic carbocycles. The summed E-state index contributed by atoms with van der Waals surface area (Å²) in [7, 11) is 1.48. The van der Waals surface area contributed by atoms with Crippen molar-refractivity contribution in [1.29, 1.82) is 0 Å². The number of benzene rings is 1. The van der Waals surface area contributed by atoms with Crippen LogP contribution in [-0.2, 0) is 18.0 Å². The second-order valence-electron chi connectivity index (χ2n) is 7.60. The summed E-state index contributed by atoms with van der Waals surface area (Å²) in [6.45, 7) is 1.06. The third-order valence-electron chi connectivity index (χ3n) is 5.26. The molecule has 166 valence electrons. The standard InChI is InChI=1S/C21H23F3N4O3/c1-27-19(30)11-9-17(26-27)20(31)28-12-2-3-14(13-28)4-10-18(29)25-16-7-5-15(6-8-16)21(22,23)24/h5-9,11,14H,2-4,10,12-13H2,1H3,(H,25,29)/t14-/m1/s1. The molecule has 0 saturated carbocycles. The molecule has 2 amide bonds. The van der Waals surface area contributed by atoms with Gasteiger partial charge in [0.2, 0.25) is 5.91 Å². The van der Waals surface area contributed by atoms with Crippen molar-refractivity contribution in [1.82, 2.24) is 14.7 Å². The maximum Gasteiger partial charge on any atom is 0.416 e. The molecule has 0 radical (unpaired) electrons. The predicted molar refractivity (Wildman–Crippen MR) is 107 cm³/mol. The van der Waals surface area contributed by atoms with E-state index in [9.17, 15) is 27.6 Å². The molecule has 0 aliphatic carbocycles. The summed E-state index contributed by atoms with van der Waals surface area (Å²) in [4.78, 5) is 38.0. The Bertz CT molecular complexity index is 1000. The molecule has 1 fully saturated rings. The molecule has 3 rings (SSSR count). The van der Waals surface area contributed by atoms with E-state index < -0.39 is 11.7 Å². The lowest BCUT2D eigenvalue weighted by Crippen LogP contribution is -2.41. The van der Waals surface area contributed by atoms with E-state index in [0.717, 1.165) is 29.7 Å². The van der Waals surface area contributed by atoms with Crippen molar-refractivity contribution in [3.8, 4) is 0 Å². The first kappa shape index (κ1) is 22.5. The highest BCUT2D eigenvalue weighted by Gasteiger charge is 2.30. The fourth-order valence-corrected chi connectivity index (χ4v) is 3.56. The van der Waals surface area contributed by atoms with Crippen molar-refractivity contribution in [3.05, 3.63) is 58.0 Å². The monoisotopic (exact) mass is 436 g/mol. The van der Waals surface area contributed by atoms with Gasteiger partial charge in [0.25, 0.3) is 11.5 Å². The first-order chi connectivity index (χ1) is 14.6. The number of carbonyl (C=O) groups excluding carboxylic acids is 2. The van der Waals surface area contributed by atoms with Gasteiger partial charge in [-0.25, -0.2) is 4.68 Å². The number of nitrogens with zero attached hydrogens (tertiary/aromatic N) is 3. The smallest absolute Gasteiger partial charge is 0.337 e. The highest BCUT2D eigenvalue weighted by atomic mass is 19.4. The largest absolute Gasteiger partial charge is 0.416 e. The number of halogens is 3. The van der Waals surface area contributed by atoms with Crippen molar-refractivity contribution >= 4 is 17.5 Å². The number of hydrogen-bond donors (Lipinski definition) is 1. The Kier molecular flexibility index (Phi) is 6.77. The molecule has 2 aromatic rings. The number of aryl methyl sites for hydroxylation is 1. The molecule has 0 unspecified atom stereocenters. The van der Waals surface area contributed by atoms with Crippen LogP contribution < -0.4 is 10.9 Å². The van der Waals surface area contributed by atoms with E-state index in [1.165, 1.54) is 31.3 Å². The van der Waals surface area contributed by atoms with Crippen LogP contribution in [0, 0.1) is 5.92 Å². The van der Waals surface area contributed by atoms with E-state index in [1.807, 2.05) is 0 Å². The Hall–Kier alpha value is -3.17. The van der Waals surface area contributed by atoms with E-state index in [1.54, 1.807) is 4.90 Å². The zero-order valence-electron chi connectivity index (χ0n) is 17.0. The maximum absolute atomic E-state index is 12.7. The predicted octanol–water partition coefficient (Wildman–Crippen LogP) is 3.07. The molecule has 1 saturated heterocycles. The minimum absolute atomic E-state index is 0.128. The summed E-state index contributed by atoms with van der Waals surface area (Å²) in [5.74, 6) is -0.416. The number of aromatic nitrogens is 2. The van der Waals surface area contributed by atoms with Crippen LogP contribution >= 0.6 is 0 Å². The Morgan fingerprint density at radius 2 is 1.87 bits per heavy atom. The van der Waals surface area contributed by atoms with Crippen molar-refractivity contribution in [2.75, 3.05) is 18.4 Å². The molecule has 1 atom stereocenters. The van der Waals surface area contributed by atoms with Crippen LogP contribution in [0.3, 0.4) is 0 Å². The number of piperidine rings is 1. The zero-order chi connectivity index (χ0) is 22.6. The number of amides is 2. The van der Waals surface area contributed by atoms with Gasteiger partial charge in [-0.2, -0.15) is 18.3 Å². The summed E-state index contributed by atoms with van der Waals surface area (Å²) in [6.07, 6.45) is -2.00. The van der Waals surface area contributed by atoms with Gasteiger partial charge in [0, 0.05) is 38.3 Å². The normalized spacial score (nSPS) is 16.8. The molecule has 7 nitrogen and oxygen atoms in total. The van der Waals surface area contributed by atoms with E-state index in [0.29, 0.717) is 25.2 Å². The first-order valence-electron chi connectivity index (χ1n) is 9.94. The molecule has 1 aliphatic heterocycles. The fraction of sp³-hybridized carbons (Fsp3) is 0.429. The fourth-order valence-electron chi connectivity index (χ4n) is 3.56. The number of carbonyl (C=O) groups is 2. The second kappa shape index (κ2) is 9.32. The lowest BCUT2D eigenvalue weighted by molar-refractivity contribution is -0.137. The number of nitrogens with one attached hydrogen (secondary N) is 1.